The van der Waals surface area contributed by atoms with Crippen LogP contribution in [0, 0.1) is 5.92 Å². The molecule has 2 unspecified atom stereocenters. The van der Waals surface area contributed by atoms with Crippen molar-refractivity contribution in [2.45, 2.75) is 38.8 Å². The first-order chi connectivity index (χ1) is 9.85. The van der Waals surface area contributed by atoms with Gasteiger partial charge in [0.1, 0.15) is 11.8 Å². The minimum absolute atomic E-state index is 0.138. The number of nitrogens with one attached hydrogen (secondary N) is 1. The molecule has 1 amide bonds. The Morgan fingerprint density at radius 2 is 1.86 bits per heavy atom. The van der Waals surface area contributed by atoms with Crippen LogP contribution in [0.3, 0.4) is 0 Å². The Hall–Kier alpha value is -2.08. The summed E-state index contributed by atoms with van der Waals surface area (Å²) in [6, 6.07) is 4.60. The lowest BCUT2D eigenvalue weighted by atomic mass is 9.98. The number of aliphatic carboxylic acids is 1. The Balaban J connectivity index is 2.64. The van der Waals surface area contributed by atoms with Crippen molar-refractivity contribution in [3.05, 3.63) is 29.8 Å². The maximum Gasteiger partial charge on any atom is 0.326 e. The summed E-state index contributed by atoms with van der Waals surface area (Å²) in [5, 5.41) is 20.8. The van der Waals surface area contributed by atoms with Gasteiger partial charge in [0.2, 0.25) is 5.91 Å². The van der Waals surface area contributed by atoms with E-state index < -0.39 is 24.0 Å². The zero-order chi connectivity index (χ0) is 16.0. The Morgan fingerprint density at radius 1 is 1.29 bits per heavy atom. The van der Waals surface area contributed by atoms with E-state index in [4.69, 9.17) is 10.8 Å². The Kier molecular flexibility index (Phi) is 6.17. The Morgan fingerprint density at radius 3 is 2.33 bits per heavy atom. The normalized spacial score (nSPS) is 15.0. The van der Waals surface area contributed by atoms with Gasteiger partial charge < -0.3 is 21.3 Å². The monoisotopic (exact) mass is 294 g/mol. The molecule has 1 aromatic rings. The lowest BCUT2D eigenvalue weighted by Gasteiger charge is -2.22. The van der Waals surface area contributed by atoms with E-state index in [1.54, 1.807) is 19.1 Å². The molecule has 0 aliphatic carbocycles. The van der Waals surface area contributed by atoms with Crippen molar-refractivity contribution in [3.8, 4) is 5.75 Å². The third-order valence-corrected chi connectivity index (χ3v) is 3.51. The number of hydrogen-bond acceptors (Lipinski definition) is 4. The predicted molar refractivity (Wildman–Crippen MR) is 78.8 cm³/mol. The van der Waals surface area contributed by atoms with E-state index >= 15 is 0 Å². The molecule has 0 bridgehead atoms. The van der Waals surface area contributed by atoms with Crippen molar-refractivity contribution in [2.75, 3.05) is 0 Å². The molecule has 5 N–H and O–H groups in total. The zero-order valence-corrected chi connectivity index (χ0v) is 12.2. The van der Waals surface area contributed by atoms with Gasteiger partial charge >= 0.3 is 5.97 Å². The third-order valence-electron chi connectivity index (χ3n) is 3.51. The van der Waals surface area contributed by atoms with E-state index in [1.165, 1.54) is 12.1 Å². The van der Waals surface area contributed by atoms with Gasteiger partial charge in [-0.2, -0.15) is 0 Å². The Labute approximate surface area is 124 Å². The number of rotatable bonds is 7. The molecule has 0 fully saturated rings. The van der Waals surface area contributed by atoms with Crippen molar-refractivity contribution in [1.29, 1.82) is 0 Å². The van der Waals surface area contributed by atoms with Crippen LogP contribution in [0.5, 0.6) is 5.75 Å². The number of carboxylic acid groups (broad SMARTS) is 1. The number of carbonyl (C=O) groups excluding carboxylic acids is 1. The number of phenolic OH excluding ortho intramolecular Hbond substituents is 1. The van der Waals surface area contributed by atoms with Crippen molar-refractivity contribution in [3.63, 3.8) is 0 Å². The highest BCUT2D eigenvalue weighted by atomic mass is 16.4. The molecule has 6 heteroatoms. The van der Waals surface area contributed by atoms with E-state index in [2.05, 4.69) is 5.32 Å². The zero-order valence-electron chi connectivity index (χ0n) is 12.2. The molecule has 0 saturated carbocycles. The fourth-order valence-corrected chi connectivity index (χ4v) is 1.92. The van der Waals surface area contributed by atoms with Crippen LogP contribution >= 0.6 is 0 Å². The molecule has 6 nitrogen and oxygen atoms in total. The van der Waals surface area contributed by atoms with Crippen LogP contribution in [0.1, 0.15) is 25.8 Å². The van der Waals surface area contributed by atoms with Gasteiger partial charge in [-0.3, -0.25) is 4.79 Å². The number of benzene rings is 1. The van der Waals surface area contributed by atoms with Crippen LogP contribution in [-0.4, -0.2) is 34.2 Å². The van der Waals surface area contributed by atoms with E-state index in [0.717, 1.165) is 5.56 Å². The van der Waals surface area contributed by atoms with Gasteiger partial charge in [0.25, 0.3) is 0 Å². The van der Waals surface area contributed by atoms with Crippen LogP contribution in [0.25, 0.3) is 0 Å². The molecule has 3 atom stereocenters. The molecule has 0 aliphatic rings. The van der Waals surface area contributed by atoms with Gasteiger partial charge in [0.15, 0.2) is 0 Å². The summed E-state index contributed by atoms with van der Waals surface area (Å²) in [7, 11) is 0. The van der Waals surface area contributed by atoms with Crippen LogP contribution in [0.15, 0.2) is 24.3 Å². The number of aromatic hydroxyl groups is 1. The molecule has 0 saturated heterocycles. The SMILES string of the molecule is CCC(C)C(NC(=O)[C@@H](N)Cc1ccc(O)cc1)C(=O)O. The van der Waals surface area contributed by atoms with Gasteiger partial charge in [-0.1, -0.05) is 32.4 Å². The lowest BCUT2D eigenvalue weighted by Crippen LogP contribution is -2.51. The third kappa shape index (κ3) is 5.07. The van der Waals surface area contributed by atoms with E-state index in [-0.39, 0.29) is 18.1 Å². The second kappa shape index (κ2) is 7.64. The first-order valence-corrected chi connectivity index (χ1v) is 6.91. The average Bonchev–Trinajstić information content (AvgIpc) is 2.45. The fourth-order valence-electron chi connectivity index (χ4n) is 1.92. The maximum absolute atomic E-state index is 12.0. The smallest absolute Gasteiger partial charge is 0.326 e. The summed E-state index contributed by atoms with van der Waals surface area (Å²) in [6.45, 7) is 3.63. The van der Waals surface area contributed by atoms with Crippen LogP contribution in [0.2, 0.25) is 0 Å². The van der Waals surface area contributed by atoms with Crippen molar-refractivity contribution < 1.29 is 19.8 Å². The van der Waals surface area contributed by atoms with Gasteiger partial charge in [-0.05, 0) is 30.0 Å². The van der Waals surface area contributed by atoms with Crippen LogP contribution < -0.4 is 11.1 Å². The van der Waals surface area contributed by atoms with Gasteiger partial charge in [0.05, 0.1) is 6.04 Å². The molecule has 21 heavy (non-hydrogen) atoms. The minimum atomic E-state index is -1.06. The van der Waals surface area contributed by atoms with Crippen LogP contribution in [0.4, 0.5) is 0 Å². The summed E-state index contributed by atoms with van der Waals surface area (Å²) >= 11 is 0. The summed E-state index contributed by atoms with van der Waals surface area (Å²) in [4.78, 5) is 23.2. The summed E-state index contributed by atoms with van der Waals surface area (Å²) in [5.74, 6) is -1.59. The van der Waals surface area contributed by atoms with Crippen molar-refractivity contribution >= 4 is 11.9 Å². The highest BCUT2D eigenvalue weighted by Crippen LogP contribution is 2.12. The number of nitrogens with two attached hydrogens (primary N) is 1. The molecule has 0 aliphatic heterocycles. The average molecular weight is 294 g/mol. The molecule has 116 valence electrons. The summed E-state index contributed by atoms with van der Waals surface area (Å²) in [6.07, 6.45) is 0.920. The van der Waals surface area contributed by atoms with E-state index in [1.807, 2.05) is 6.92 Å². The van der Waals surface area contributed by atoms with Crippen molar-refractivity contribution in [1.82, 2.24) is 5.32 Å². The fraction of sp³-hybridized carbons (Fsp3) is 0.467. The lowest BCUT2D eigenvalue weighted by molar-refractivity contribution is -0.143. The minimum Gasteiger partial charge on any atom is -0.508 e. The highest BCUT2D eigenvalue weighted by Gasteiger charge is 2.27. The number of phenols is 1. The summed E-state index contributed by atoms with van der Waals surface area (Å²) < 4.78 is 0. The molecular formula is C15H22N2O4. The number of carboxylic acids is 1. The highest BCUT2D eigenvalue weighted by molar-refractivity contribution is 5.87. The van der Waals surface area contributed by atoms with Crippen molar-refractivity contribution in [2.24, 2.45) is 11.7 Å². The maximum atomic E-state index is 12.0. The quantitative estimate of drug-likeness (QED) is 0.596. The standard InChI is InChI=1S/C15H22N2O4/c1-3-9(2)13(15(20)21)17-14(19)12(16)8-10-4-6-11(18)7-5-10/h4-7,9,12-13,18H,3,8,16H2,1-2H3,(H,17,19)(H,20,21)/t9?,12-,13?/m0/s1. The molecule has 1 aromatic carbocycles. The largest absolute Gasteiger partial charge is 0.508 e. The summed E-state index contributed by atoms with van der Waals surface area (Å²) in [5.41, 5.74) is 6.61. The number of carbonyl (C=O) groups is 2. The second-order valence-corrected chi connectivity index (χ2v) is 5.19. The predicted octanol–water partition coefficient (Wildman–Crippen LogP) is 0.877. The number of amides is 1. The van der Waals surface area contributed by atoms with E-state index in [0.29, 0.717) is 6.42 Å². The first kappa shape index (κ1) is 17.0. The second-order valence-electron chi connectivity index (χ2n) is 5.19. The molecule has 1 rings (SSSR count). The molecule has 0 aromatic heterocycles. The van der Waals surface area contributed by atoms with Gasteiger partial charge in [-0.15, -0.1) is 0 Å². The molecular weight excluding hydrogens is 272 g/mol. The van der Waals surface area contributed by atoms with Gasteiger partial charge in [0, 0.05) is 0 Å². The molecule has 0 radical (unpaired) electrons. The topological polar surface area (TPSA) is 113 Å². The van der Waals surface area contributed by atoms with Crippen LogP contribution in [-0.2, 0) is 16.0 Å². The first-order valence-electron chi connectivity index (χ1n) is 6.91. The van der Waals surface area contributed by atoms with E-state index in [9.17, 15) is 14.7 Å². The molecule has 0 spiro atoms. The number of hydrogen-bond donors (Lipinski definition) is 4. The Bertz CT molecular complexity index is 487. The molecule has 0 heterocycles. The van der Waals surface area contributed by atoms with Gasteiger partial charge in [-0.25, -0.2) is 4.79 Å².